The summed E-state index contributed by atoms with van der Waals surface area (Å²) in [6.07, 6.45) is 5.65. The van der Waals surface area contributed by atoms with E-state index >= 15 is 0 Å². The molecule has 0 spiro atoms. The van der Waals surface area contributed by atoms with Crippen LogP contribution in [0.3, 0.4) is 0 Å². The number of aryl methyl sites for hydroxylation is 3. The van der Waals surface area contributed by atoms with E-state index in [1.165, 1.54) is 17.5 Å². The molecule has 0 unspecified atom stereocenters. The molecule has 1 aliphatic heterocycles. The summed E-state index contributed by atoms with van der Waals surface area (Å²) in [5.41, 5.74) is 0.788. The third-order valence-electron chi connectivity index (χ3n) is 4.65. The number of aromatic nitrogens is 3. The molecule has 1 saturated heterocycles. The zero-order valence-corrected chi connectivity index (χ0v) is 14.4. The van der Waals surface area contributed by atoms with Crippen LogP contribution in [-0.2, 0) is 11.3 Å². The molecule has 1 aliphatic rings. The van der Waals surface area contributed by atoms with Gasteiger partial charge in [0.25, 0.3) is 5.56 Å². The molecule has 7 nitrogen and oxygen atoms in total. The first-order chi connectivity index (χ1) is 11.6. The van der Waals surface area contributed by atoms with Gasteiger partial charge in [-0.2, -0.15) is 5.10 Å². The zero-order chi connectivity index (χ0) is 17.1. The molecular weight excluding hydrogens is 308 g/mol. The lowest BCUT2D eigenvalue weighted by Gasteiger charge is -2.20. The lowest BCUT2D eigenvalue weighted by Crippen LogP contribution is -2.32. The van der Waals surface area contributed by atoms with E-state index in [0.29, 0.717) is 36.0 Å². The minimum atomic E-state index is -0.255. The van der Waals surface area contributed by atoms with Crippen LogP contribution in [0, 0.1) is 13.8 Å². The standard InChI is InChI=1S/C17H24N4O3/c1-12-15-13(2)24-19-16(15)17(23)21(18-12)11-7-8-14(22)20-9-5-3-4-6-10-20/h3-11H2,1-2H3. The Kier molecular flexibility index (Phi) is 4.97. The molecule has 0 N–H and O–H groups in total. The van der Waals surface area contributed by atoms with Crippen LogP contribution >= 0.6 is 0 Å². The van der Waals surface area contributed by atoms with E-state index in [2.05, 4.69) is 10.3 Å². The van der Waals surface area contributed by atoms with E-state index in [9.17, 15) is 9.59 Å². The Balaban J connectivity index is 1.64. The number of carbonyl (C=O) groups excluding carboxylic acids is 1. The third kappa shape index (κ3) is 3.34. The number of nitrogens with zero attached hydrogens (tertiary/aromatic N) is 4. The van der Waals surface area contributed by atoms with Gasteiger partial charge in [-0.25, -0.2) is 4.68 Å². The number of hydrogen-bond donors (Lipinski definition) is 0. The van der Waals surface area contributed by atoms with Crippen LogP contribution < -0.4 is 5.56 Å². The summed E-state index contributed by atoms with van der Waals surface area (Å²) in [6, 6.07) is 0. The van der Waals surface area contributed by atoms with Crippen molar-refractivity contribution in [1.82, 2.24) is 19.8 Å². The van der Waals surface area contributed by atoms with Gasteiger partial charge in [0.05, 0.1) is 11.1 Å². The van der Waals surface area contributed by atoms with Gasteiger partial charge in [0.1, 0.15) is 5.76 Å². The molecule has 0 radical (unpaired) electrons. The highest BCUT2D eigenvalue weighted by Crippen LogP contribution is 2.16. The molecule has 0 aromatic carbocycles. The maximum atomic E-state index is 12.4. The molecule has 0 atom stereocenters. The van der Waals surface area contributed by atoms with Gasteiger partial charge in [0.2, 0.25) is 5.91 Å². The highest BCUT2D eigenvalue weighted by Gasteiger charge is 2.17. The summed E-state index contributed by atoms with van der Waals surface area (Å²) in [4.78, 5) is 26.7. The van der Waals surface area contributed by atoms with Crippen LogP contribution in [0.2, 0.25) is 0 Å². The summed E-state index contributed by atoms with van der Waals surface area (Å²) in [5.74, 6) is 0.788. The maximum Gasteiger partial charge on any atom is 0.296 e. The lowest BCUT2D eigenvalue weighted by molar-refractivity contribution is -0.131. The van der Waals surface area contributed by atoms with E-state index in [4.69, 9.17) is 4.52 Å². The quantitative estimate of drug-likeness (QED) is 0.857. The number of carbonyl (C=O) groups is 1. The molecule has 1 amide bonds. The molecule has 3 rings (SSSR count). The van der Waals surface area contributed by atoms with Crippen LogP contribution in [0.5, 0.6) is 0 Å². The summed E-state index contributed by atoms with van der Waals surface area (Å²) in [7, 11) is 0. The molecule has 0 saturated carbocycles. The summed E-state index contributed by atoms with van der Waals surface area (Å²) in [5, 5.41) is 8.87. The first kappa shape index (κ1) is 16.7. The van der Waals surface area contributed by atoms with E-state index in [0.717, 1.165) is 31.6 Å². The number of likely N-dealkylation sites (tertiary alicyclic amines) is 1. The maximum absolute atomic E-state index is 12.4. The molecule has 0 bridgehead atoms. The summed E-state index contributed by atoms with van der Waals surface area (Å²) < 4.78 is 6.50. The van der Waals surface area contributed by atoms with Gasteiger partial charge in [-0.15, -0.1) is 0 Å². The number of amides is 1. The predicted octanol–water partition coefficient (Wildman–Crippen LogP) is 2.18. The van der Waals surface area contributed by atoms with Crippen molar-refractivity contribution in [2.24, 2.45) is 0 Å². The van der Waals surface area contributed by atoms with Gasteiger partial charge >= 0.3 is 0 Å². The van der Waals surface area contributed by atoms with Crippen molar-refractivity contribution in [2.45, 2.75) is 58.9 Å². The van der Waals surface area contributed by atoms with Crippen molar-refractivity contribution < 1.29 is 9.32 Å². The highest BCUT2D eigenvalue weighted by atomic mass is 16.5. The van der Waals surface area contributed by atoms with E-state index < -0.39 is 0 Å². The van der Waals surface area contributed by atoms with Gasteiger partial charge < -0.3 is 9.42 Å². The van der Waals surface area contributed by atoms with Crippen molar-refractivity contribution in [3.05, 3.63) is 21.8 Å². The summed E-state index contributed by atoms with van der Waals surface area (Å²) in [6.45, 7) is 5.75. The van der Waals surface area contributed by atoms with Crippen LogP contribution in [-0.4, -0.2) is 38.8 Å². The smallest absolute Gasteiger partial charge is 0.296 e. The normalized spacial score (nSPS) is 15.7. The van der Waals surface area contributed by atoms with Crippen molar-refractivity contribution >= 4 is 16.8 Å². The zero-order valence-electron chi connectivity index (χ0n) is 14.4. The first-order valence-electron chi connectivity index (χ1n) is 8.69. The monoisotopic (exact) mass is 332 g/mol. The minimum Gasteiger partial charge on any atom is -0.360 e. The second-order valence-corrected chi connectivity index (χ2v) is 6.47. The lowest BCUT2D eigenvalue weighted by atomic mass is 10.2. The van der Waals surface area contributed by atoms with Crippen molar-refractivity contribution in [1.29, 1.82) is 0 Å². The van der Waals surface area contributed by atoms with E-state index in [-0.39, 0.29) is 11.5 Å². The highest BCUT2D eigenvalue weighted by molar-refractivity contribution is 5.81. The Labute approximate surface area is 140 Å². The average Bonchev–Trinajstić information content (AvgIpc) is 2.78. The van der Waals surface area contributed by atoms with Crippen molar-refractivity contribution in [3.8, 4) is 0 Å². The SMILES string of the molecule is Cc1nn(CCCC(=O)N2CCCCCC2)c(=O)c2noc(C)c12. The summed E-state index contributed by atoms with van der Waals surface area (Å²) >= 11 is 0. The molecule has 3 heterocycles. The van der Waals surface area contributed by atoms with Gasteiger partial charge in [-0.05, 0) is 33.1 Å². The Morgan fingerprint density at radius 2 is 1.88 bits per heavy atom. The first-order valence-corrected chi connectivity index (χ1v) is 8.69. The van der Waals surface area contributed by atoms with Gasteiger partial charge in [-0.1, -0.05) is 18.0 Å². The Morgan fingerprint density at radius 1 is 1.17 bits per heavy atom. The molecule has 130 valence electrons. The largest absolute Gasteiger partial charge is 0.360 e. The minimum absolute atomic E-state index is 0.181. The molecule has 2 aromatic heterocycles. The van der Waals surface area contributed by atoms with Crippen molar-refractivity contribution in [2.75, 3.05) is 13.1 Å². The Hall–Kier alpha value is -2.18. The number of rotatable bonds is 4. The molecular formula is C17H24N4O3. The molecule has 1 fully saturated rings. The van der Waals surface area contributed by atoms with Crippen LogP contribution in [0.4, 0.5) is 0 Å². The number of hydrogen-bond acceptors (Lipinski definition) is 5. The number of fused-ring (bicyclic) bond motifs is 1. The Morgan fingerprint density at radius 3 is 2.58 bits per heavy atom. The van der Waals surface area contributed by atoms with Crippen LogP contribution in [0.1, 0.15) is 50.0 Å². The second-order valence-electron chi connectivity index (χ2n) is 6.47. The van der Waals surface area contributed by atoms with Gasteiger partial charge in [-0.3, -0.25) is 9.59 Å². The van der Waals surface area contributed by atoms with Gasteiger partial charge in [0.15, 0.2) is 5.52 Å². The fraction of sp³-hybridized carbons (Fsp3) is 0.647. The van der Waals surface area contributed by atoms with E-state index in [1.807, 2.05) is 11.8 Å². The van der Waals surface area contributed by atoms with Gasteiger partial charge in [0, 0.05) is 26.1 Å². The third-order valence-corrected chi connectivity index (χ3v) is 4.65. The Bertz CT molecular complexity index is 785. The average molecular weight is 332 g/mol. The molecule has 24 heavy (non-hydrogen) atoms. The predicted molar refractivity (Wildman–Crippen MR) is 89.8 cm³/mol. The fourth-order valence-electron chi connectivity index (χ4n) is 3.35. The molecule has 7 heteroatoms. The molecule has 2 aromatic rings. The topological polar surface area (TPSA) is 81.2 Å². The van der Waals surface area contributed by atoms with E-state index in [1.54, 1.807) is 6.92 Å². The second kappa shape index (κ2) is 7.15. The van der Waals surface area contributed by atoms with Crippen LogP contribution in [0.15, 0.2) is 9.32 Å². The molecule has 0 aliphatic carbocycles. The van der Waals surface area contributed by atoms with Crippen molar-refractivity contribution in [3.63, 3.8) is 0 Å². The fourth-order valence-corrected chi connectivity index (χ4v) is 3.35. The van der Waals surface area contributed by atoms with Crippen LogP contribution in [0.25, 0.3) is 10.9 Å².